The zero-order valence-corrected chi connectivity index (χ0v) is 28.8. The van der Waals surface area contributed by atoms with Gasteiger partial charge in [0, 0.05) is 45.7 Å². The summed E-state index contributed by atoms with van der Waals surface area (Å²) in [5, 5.41) is 19.5. The highest BCUT2D eigenvalue weighted by atomic mass is 127. The van der Waals surface area contributed by atoms with Crippen LogP contribution in [0.5, 0.6) is 11.5 Å². The summed E-state index contributed by atoms with van der Waals surface area (Å²) in [6.45, 7) is 0. The van der Waals surface area contributed by atoms with E-state index in [1.54, 1.807) is 12.1 Å². The van der Waals surface area contributed by atoms with Crippen molar-refractivity contribution in [3.8, 4) is 11.5 Å². The van der Waals surface area contributed by atoms with Crippen LogP contribution in [-0.4, -0.2) is 27.0 Å². The molecule has 19 heteroatoms. The van der Waals surface area contributed by atoms with Gasteiger partial charge in [-0.25, -0.2) is 34.4 Å². The van der Waals surface area contributed by atoms with Gasteiger partial charge >= 0.3 is 0 Å². The fraction of sp³-hybridized carbons (Fsp3) is 0. The lowest BCUT2D eigenvalue weighted by Crippen LogP contribution is -2.14. The Morgan fingerprint density at radius 1 is 0.698 bits per heavy atom. The van der Waals surface area contributed by atoms with Gasteiger partial charge in [-0.1, -0.05) is 23.2 Å². The third kappa shape index (κ3) is 10.9. The monoisotopic (exact) mass is 926 g/mol. The second-order valence-electron chi connectivity index (χ2n) is 7.80. The van der Waals surface area contributed by atoms with Gasteiger partial charge in [0.25, 0.3) is 19.1 Å². The zero-order chi connectivity index (χ0) is 32.9. The number of hydrogen-bond acceptors (Lipinski definition) is 7. The Labute approximate surface area is 284 Å². The number of nitrogen functional groups attached to an aromatic ring is 1. The maximum Gasteiger partial charge on any atom is 0.265 e. The van der Waals surface area contributed by atoms with E-state index in [0.717, 1.165) is 14.3 Å². The van der Waals surface area contributed by atoms with E-state index in [1.807, 2.05) is 28.7 Å². The molecule has 0 spiro atoms. The summed E-state index contributed by atoms with van der Waals surface area (Å²) in [5.41, 5.74) is 6.47. The molecule has 4 aromatic rings. The number of phenolic OH excluding ortho intramolecular Hbond substituents is 2. The summed E-state index contributed by atoms with van der Waals surface area (Å²) in [6.07, 6.45) is 0. The summed E-state index contributed by atoms with van der Waals surface area (Å²) < 4.78 is 101. The molecule has 0 radical (unpaired) electrons. The van der Waals surface area contributed by atoms with Gasteiger partial charge in [-0.2, -0.15) is 0 Å². The predicted octanol–water partition coefficient (Wildman–Crippen LogP) is 7.85. The molecule has 8 nitrogen and oxygen atoms in total. The second kappa shape index (κ2) is 15.3. The van der Waals surface area contributed by atoms with Gasteiger partial charge in [-0.3, -0.25) is 4.72 Å². The summed E-state index contributed by atoms with van der Waals surface area (Å²) in [4.78, 5) is -1.86. The van der Waals surface area contributed by atoms with Crippen LogP contribution in [0.4, 0.5) is 28.9 Å². The number of sulfonamides is 1. The molecule has 5 N–H and O–H groups in total. The Hall–Kier alpha value is -1.97. The molecule has 0 aliphatic heterocycles. The largest absolute Gasteiger partial charge is 0.504 e. The van der Waals surface area contributed by atoms with Crippen molar-refractivity contribution >= 4 is 110 Å². The fourth-order valence-corrected chi connectivity index (χ4v) is 6.94. The molecule has 4 aromatic carbocycles. The Balaban J connectivity index is 0.000000249. The first-order valence-electron chi connectivity index (χ1n) is 10.7. The van der Waals surface area contributed by atoms with Crippen molar-refractivity contribution in [2.24, 2.45) is 0 Å². The molecule has 0 amide bonds. The number of anilines is 2. The normalized spacial score (nSPS) is 11.1. The summed E-state index contributed by atoms with van der Waals surface area (Å²) >= 11 is 15.4. The average molecular weight is 928 g/mol. The molecule has 0 aromatic heterocycles. The van der Waals surface area contributed by atoms with Crippen LogP contribution >= 0.6 is 79.1 Å². The third-order valence-electron chi connectivity index (χ3n) is 4.68. The van der Waals surface area contributed by atoms with Crippen LogP contribution in [0.3, 0.4) is 0 Å². The maximum absolute atomic E-state index is 13.2. The van der Waals surface area contributed by atoms with Gasteiger partial charge in [-0.15, -0.1) is 0 Å². The van der Waals surface area contributed by atoms with Crippen molar-refractivity contribution in [1.82, 2.24) is 0 Å². The first-order valence-corrected chi connectivity index (χ1v) is 17.4. The van der Waals surface area contributed by atoms with Gasteiger partial charge in [-0.05, 0) is 93.7 Å². The Morgan fingerprint density at radius 3 is 1.58 bits per heavy atom. The highest BCUT2D eigenvalue weighted by Gasteiger charge is 2.24. The number of aromatic hydroxyl groups is 2. The van der Waals surface area contributed by atoms with E-state index in [1.165, 1.54) is 18.2 Å². The first kappa shape index (κ1) is 37.2. The number of benzene rings is 4. The van der Waals surface area contributed by atoms with Crippen LogP contribution < -0.4 is 10.5 Å². The molecule has 0 unspecified atom stereocenters. The fourth-order valence-electron chi connectivity index (χ4n) is 2.75. The molecular weight excluding hydrogens is 913 g/mol. The molecule has 0 aliphatic carbocycles. The standard InChI is InChI=1S/C12H7ClF2INO3S.C6H3ClF2O3S.C6H5ClIN/c13-6-1-2-10(9(16)3-6)17-21(19,20)11-5-7(14)4-8(15)12(11)18;7-13(11,12)5-2-3(8)1-4(9)6(5)10;7-4-1-2-6(9)5(8)3-4/h1-5,17-18H;1-2,10H;1-3H,9H2. The van der Waals surface area contributed by atoms with Crippen molar-refractivity contribution in [1.29, 1.82) is 0 Å². The number of rotatable bonds is 4. The van der Waals surface area contributed by atoms with Crippen LogP contribution in [0.25, 0.3) is 0 Å². The predicted molar refractivity (Wildman–Crippen MR) is 173 cm³/mol. The van der Waals surface area contributed by atoms with E-state index in [0.29, 0.717) is 32.9 Å². The second-order valence-corrected chi connectivity index (χ2v) is 15.2. The van der Waals surface area contributed by atoms with Crippen LogP contribution in [-0.2, 0) is 19.1 Å². The molecule has 232 valence electrons. The van der Waals surface area contributed by atoms with Crippen molar-refractivity contribution in [3.63, 3.8) is 0 Å². The van der Waals surface area contributed by atoms with Crippen LogP contribution in [0.15, 0.2) is 70.5 Å². The molecular formula is C24H15Cl3F4I2N2O6S2. The minimum Gasteiger partial charge on any atom is -0.504 e. The van der Waals surface area contributed by atoms with Crippen molar-refractivity contribution in [3.05, 3.63) is 101 Å². The molecule has 0 heterocycles. The number of nitrogens with one attached hydrogen (secondary N) is 1. The van der Waals surface area contributed by atoms with Crippen LogP contribution in [0.2, 0.25) is 10.0 Å². The summed E-state index contributed by atoms with van der Waals surface area (Å²) in [7, 11) is -3.90. The van der Waals surface area contributed by atoms with Crippen LogP contribution in [0, 0.1) is 30.4 Å². The van der Waals surface area contributed by atoms with Crippen molar-refractivity contribution in [2.75, 3.05) is 10.5 Å². The van der Waals surface area contributed by atoms with Crippen molar-refractivity contribution < 1.29 is 44.6 Å². The Kier molecular flexibility index (Phi) is 13.3. The van der Waals surface area contributed by atoms with E-state index in [2.05, 4.69) is 27.3 Å². The summed E-state index contributed by atoms with van der Waals surface area (Å²) in [6, 6.07) is 11.5. The topological polar surface area (TPSA) is 147 Å². The molecule has 0 fully saturated rings. The SMILES string of the molecule is Nc1ccc(Cl)cc1I.O=S(=O)(Cl)c1cc(F)cc(F)c1O.O=S(=O)(Nc1ccc(Cl)cc1I)c1cc(F)cc(F)c1O. The van der Waals surface area contributed by atoms with E-state index >= 15 is 0 Å². The van der Waals surface area contributed by atoms with Crippen molar-refractivity contribution in [2.45, 2.75) is 9.79 Å². The third-order valence-corrected chi connectivity index (χ3v) is 9.69. The van der Waals surface area contributed by atoms with E-state index in [-0.39, 0.29) is 5.69 Å². The quantitative estimate of drug-likeness (QED) is 0.0706. The maximum atomic E-state index is 13.2. The lowest BCUT2D eigenvalue weighted by molar-refractivity contribution is 0.412. The van der Waals surface area contributed by atoms with Gasteiger partial charge in [0.15, 0.2) is 23.1 Å². The molecule has 0 atom stereocenters. The minimum absolute atomic E-state index is 0.170. The lowest BCUT2D eigenvalue weighted by atomic mass is 10.3. The summed E-state index contributed by atoms with van der Waals surface area (Å²) in [5.74, 6) is -7.31. The van der Waals surface area contributed by atoms with E-state index < -0.39 is 63.6 Å². The molecule has 0 saturated heterocycles. The van der Waals surface area contributed by atoms with Gasteiger partial charge < -0.3 is 15.9 Å². The van der Waals surface area contributed by atoms with Gasteiger partial charge in [0.1, 0.15) is 21.4 Å². The lowest BCUT2D eigenvalue weighted by Gasteiger charge is -2.11. The smallest absolute Gasteiger partial charge is 0.265 e. The molecule has 0 bridgehead atoms. The Morgan fingerprint density at radius 2 is 1.14 bits per heavy atom. The highest BCUT2D eigenvalue weighted by molar-refractivity contribution is 14.1. The minimum atomic E-state index is -4.35. The van der Waals surface area contributed by atoms with E-state index in [4.69, 9.17) is 44.7 Å². The first-order chi connectivity index (χ1) is 19.7. The Bertz CT molecular complexity index is 1890. The number of hydrogen-bond donors (Lipinski definition) is 4. The number of phenols is 2. The van der Waals surface area contributed by atoms with E-state index in [9.17, 15) is 39.5 Å². The molecule has 0 saturated carbocycles. The van der Waals surface area contributed by atoms with Gasteiger partial charge in [0.2, 0.25) is 0 Å². The number of nitrogens with two attached hydrogens (primary N) is 1. The average Bonchev–Trinajstić information content (AvgIpc) is 2.88. The van der Waals surface area contributed by atoms with Gasteiger partial charge in [0.05, 0.1) is 5.69 Å². The molecule has 4 rings (SSSR count). The molecule has 43 heavy (non-hydrogen) atoms. The number of halogens is 9. The molecule has 0 aliphatic rings. The highest BCUT2D eigenvalue weighted by Crippen LogP contribution is 2.31. The van der Waals surface area contributed by atoms with Crippen LogP contribution in [0.1, 0.15) is 0 Å². The zero-order valence-electron chi connectivity index (χ0n) is 20.6.